The fraction of sp³-hybridized carbons (Fsp3) is 0.286. The van der Waals surface area contributed by atoms with Gasteiger partial charge in [-0.15, -0.1) is 23.1 Å². The molecule has 2 atom stereocenters. The van der Waals surface area contributed by atoms with Crippen molar-refractivity contribution in [1.82, 2.24) is 0 Å². The molecule has 1 aromatic carbocycles. The van der Waals surface area contributed by atoms with Crippen LogP contribution in [0.25, 0.3) is 0 Å². The Hall–Kier alpha value is -0.590. The smallest absolute Gasteiger partial charge is 0.150 e. The van der Waals surface area contributed by atoms with Gasteiger partial charge in [0, 0.05) is 15.8 Å². The maximum atomic E-state index is 13.9. The van der Waals surface area contributed by atoms with Gasteiger partial charge in [0.1, 0.15) is 11.6 Å². The predicted octanol–water partition coefficient (Wildman–Crippen LogP) is 5.83. The molecule has 0 radical (unpaired) electrons. The number of hydrogen-bond donors (Lipinski definition) is 1. The summed E-state index contributed by atoms with van der Waals surface area (Å²) in [5.74, 6) is -1.15. The number of thiophene rings is 1. The minimum atomic E-state index is -0.580. The van der Waals surface area contributed by atoms with Crippen molar-refractivity contribution in [3.05, 3.63) is 45.2 Å². The number of hydrogen-bond acceptors (Lipinski definition) is 3. The Bertz CT molecular complexity index is 621. The number of benzene rings is 1. The summed E-state index contributed by atoms with van der Waals surface area (Å²) in [5, 5.41) is 5.75. The molecule has 1 aromatic heterocycles. The summed E-state index contributed by atoms with van der Waals surface area (Å²) < 4.78 is 28.8. The molecule has 1 aliphatic heterocycles. The van der Waals surface area contributed by atoms with Crippen LogP contribution in [0.5, 0.6) is 0 Å². The number of thioether (sulfide) groups is 1. The highest BCUT2D eigenvalue weighted by Gasteiger charge is 2.27. The topological polar surface area (TPSA) is 12.0 Å². The van der Waals surface area contributed by atoms with E-state index >= 15 is 0 Å². The van der Waals surface area contributed by atoms with Crippen molar-refractivity contribution in [3.8, 4) is 0 Å². The largest absolute Gasteiger partial charge is 0.375 e. The zero-order valence-electron chi connectivity index (χ0n) is 10.6. The molecule has 20 heavy (non-hydrogen) atoms. The van der Waals surface area contributed by atoms with Crippen LogP contribution in [-0.4, -0.2) is 5.25 Å². The van der Waals surface area contributed by atoms with Crippen LogP contribution in [0.3, 0.4) is 0 Å². The first-order chi connectivity index (χ1) is 9.54. The van der Waals surface area contributed by atoms with Crippen molar-refractivity contribution in [2.75, 3.05) is 5.32 Å². The second-order valence-electron chi connectivity index (χ2n) is 4.77. The molecule has 1 nitrogen and oxygen atoms in total. The van der Waals surface area contributed by atoms with Crippen molar-refractivity contribution < 1.29 is 8.78 Å². The van der Waals surface area contributed by atoms with E-state index in [9.17, 15) is 8.78 Å². The summed E-state index contributed by atoms with van der Waals surface area (Å²) in [6.45, 7) is 2.16. The van der Waals surface area contributed by atoms with Crippen LogP contribution in [0.2, 0.25) is 0 Å². The molecule has 0 amide bonds. The molecular formula is C14H12BrF2NS2. The first kappa shape index (κ1) is 14.4. The Kier molecular flexibility index (Phi) is 4.06. The Morgan fingerprint density at radius 3 is 2.90 bits per heavy atom. The normalized spacial score (nSPS) is 21.6. The fourth-order valence-corrected chi connectivity index (χ4v) is 5.43. The van der Waals surface area contributed by atoms with Crippen LogP contribution in [0.1, 0.15) is 24.9 Å². The molecule has 1 unspecified atom stereocenters. The molecule has 2 aromatic rings. The fourth-order valence-electron chi connectivity index (χ4n) is 2.34. The lowest BCUT2D eigenvalue weighted by Gasteiger charge is -2.28. The third kappa shape index (κ3) is 2.73. The van der Waals surface area contributed by atoms with Gasteiger partial charge in [-0.05, 0) is 45.4 Å². The summed E-state index contributed by atoms with van der Waals surface area (Å²) >= 11 is 6.79. The molecule has 0 saturated heterocycles. The minimum absolute atomic E-state index is 0.0590. The highest BCUT2D eigenvalue weighted by molar-refractivity contribution is 9.10. The molecule has 106 valence electrons. The van der Waals surface area contributed by atoms with Crippen LogP contribution in [0, 0.1) is 11.6 Å². The van der Waals surface area contributed by atoms with Gasteiger partial charge in [0.2, 0.25) is 0 Å². The molecule has 0 bridgehead atoms. The zero-order valence-corrected chi connectivity index (χ0v) is 13.8. The monoisotopic (exact) mass is 375 g/mol. The highest BCUT2D eigenvalue weighted by atomic mass is 79.9. The third-order valence-corrected chi connectivity index (χ3v) is 6.20. The maximum absolute atomic E-state index is 13.9. The minimum Gasteiger partial charge on any atom is -0.375 e. The SMILES string of the molecule is C[C@H]1CC(Nc2c(F)cc(F)cc2Br)c2ccsc2S1. The van der Waals surface area contributed by atoms with Crippen LogP contribution >= 0.6 is 39.0 Å². The van der Waals surface area contributed by atoms with Gasteiger partial charge in [0.05, 0.1) is 15.9 Å². The second kappa shape index (κ2) is 5.66. The Morgan fingerprint density at radius 2 is 2.15 bits per heavy atom. The molecule has 1 N–H and O–H groups in total. The summed E-state index contributed by atoms with van der Waals surface area (Å²) in [7, 11) is 0. The van der Waals surface area contributed by atoms with E-state index in [2.05, 4.69) is 39.6 Å². The summed E-state index contributed by atoms with van der Waals surface area (Å²) in [5.41, 5.74) is 1.53. The maximum Gasteiger partial charge on any atom is 0.150 e. The third-order valence-electron chi connectivity index (χ3n) is 3.24. The average Bonchev–Trinajstić information content (AvgIpc) is 2.81. The Labute approximate surface area is 132 Å². The Balaban J connectivity index is 1.93. The molecule has 0 aliphatic carbocycles. The van der Waals surface area contributed by atoms with Gasteiger partial charge in [-0.25, -0.2) is 8.78 Å². The van der Waals surface area contributed by atoms with E-state index in [0.717, 1.165) is 12.5 Å². The van der Waals surface area contributed by atoms with E-state index < -0.39 is 11.6 Å². The molecule has 0 saturated carbocycles. The molecule has 2 heterocycles. The Morgan fingerprint density at radius 1 is 1.35 bits per heavy atom. The van der Waals surface area contributed by atoms with E-state index in [1.54, 1.807) is 11.3 Å². The number of fused-ring (bicyclic) bond motifs is 1. The van der Waals surface area contributed by atoms with Crippen LogP contribution < -0.4 is 5.32 Å². The van der Waals surface area contributed by atoms with E-state index in [4.69, 9.17) is 0 Å². The number of halogens is 3. The number of anilines is 1. The molecule has 0 spiro atoms. The molecule has 0 fully saturated rings. The van der Waals surface area contributed by atoms with Crippen molar-refractivity contribution in [2.24, 2.45) is 0 Å². The second-order valence-corrected chi connectivity index (χ2v) is 8.25. The average molecular weight is 376 g/mol. The number of rotatable bonds is 2. The van der Waals surface area contributed by atoms with Crippen molar-refractivity contribution in [3.63, 3.8) is 0 Å². The molecule has 6 heteroatoms. The van der Waals surface area contributed by atoms with Gasteiger partial charge < -0.3 is 5.32 Å². The lowest BCUT2D eigenvalue weighted by Crippen LogP contribution is -2.19. The summed E-state index contributed by atoms with van der Waals surface area (Å²) in [6.07, 6.45) is 0.914. The van der Waals surface area contributed by atoms with E-state index in [-0.39, 0.29) is 6.04 Å². The zero-order chi connectivity index (χ0) is 14.3. The highest BCUT2D eigenvalue weighted by Crippen LogP contribution is 2.45. The quantitative estimate of drug-likeness (QED) is 0.708. The molecule has 3 rings (SSSR count). The summed E-state index contributed by atoms with van der Waals surface area (Å²) in [4.78, 5) is 0. The first-order valence-electron chi connectivity index (χ1n) is 6.19. The van der Waals surface area contributed by atoms with Crippen LogP contribution in [-0.2, 0) is 0 Å². The van der Waals surface area contributed by atoms with Crippen LogP contribution in [0.15, 0.2) is 32.3 Å². The molecule has 1 aliphatic rings. The number of nitrogens with one attached hydrogen (secondary N) is 1. The van der Waals surface area contributed by atoms with Gasteiger partial charge in [0.15, 0.2) is 0 Å². The summed E-state index contributed by atoms with van der Waals surface area (Å²) in [6, 6.07) is 4.32. The van der Waals surface area contributed by atoms with E-state index in [1.807, 2.05) is 11.8 Å². The van der Waals surface area contributed by atoms with Crippen molar-refractivity contribution >= 4 is 44.7 Å². The van der Waals surface area contributed by atoms with E-state index in [1.165, 1.54) is 15.8 Å². The van der Waals surface area contributed by atoms with E-state index in [0.29, 0.717) is 15.4 Å². The predicted molar refractivity (Wildman–Crippen MR) is 84.7 cm³/mol. The lowest BCUT2D eigenvalue weighted by molar-refractivity contribution is 0.578. The standard InChI is InChI=1S/C14H12BrF2NS2/c1-7-4-12(9-2-3-19-14(9)20-7)18-13-10(15)5-8(16)6-11(13)17/h2-3,5-7,12,18H,4H2,1H3/t7-,12?/m0/s1. The van der Waals surface area contributed by atoms with Gasteiger partial charge in [0.25, 0.3) is 0 Å². The van der Waals surface area contributed by atoms with Crippen molar-refractivity contribution in [2.45, 2.75) is 28.8 Å². The van der Waals surface area contributed by atoms with Gasteiger partial charge in [-0.2, -0.15) is 0 Å². The first-order valence-corrected chi connectivity index (χ1v) is 8.75. The van der Waals surface area contributed by atoms with Crippen molar-refractivity contribution in [1.29, 1.82) is 0 Å². The van der Waals surface area contributed by atoms with Crippen LogP contribution in [0.4, 0.5) is 14.5 Å². The van der Waals surface area contributed by atoms with Gasteiger partial charge in [-0.3, -0.25) is 0 Å². The lowest BCUT2D eigenvalue weighted by atomic mass is 10.0. The van der Waals surface area contributed by atoms with Gasteiger partial charge >= 0.3 is 0 Å². The van der Waals surface area contributed by atoms with Gasteiger partial charge in [-0.1, -0.05) is 6.92 Å². The molecular weight excluding hydrogens is 364 g/mol.